The summed E-state index contributed by atoms with van der Waals surface area (Å²) in [6, 6.07) is 7.36. The molecule has 2 aromatic heterocycles. The maximum absolute atomic E-state index is 13.2. The molecular weight excluding hydrogens is 452 g/mol. The van der Waals surface area contributed by atoms with Crippen LogP contribution in [0.15, 0.2) is 42.5 Å². The summed E-state index contributed by atoms with van der Waals surface area (Å²) >= 11 is 5.75. The summed E-state index contributed by atoms with van der Waals surface area (Å²) < 4.78 is 78.7. The second kappa shape index (κ2) is 8.10. The summed E-state index contributed by atoms with van der Waals surface area (Å²) in [4.78, 5) is 19.0. The first-order valence-corrected chi connectivity index (χ1v) is 8.75. The zero-order valence-corrected chi connectivity index (χ0v) is 16.2. The molecule has 3 aromatic rings. The Hall–Kier alpha value is -3.28. The van der Waals surface area contributed by atoms with Crippen LogP contribution in [0.3, 0.4) is 0 Å². The number of nitrogens with one attached hydrogen (secondary N) is 2. The predicted molar refractivity (Wildman–Crippen MR) is 102 cm³/mol. The molecule has 31 heavy (non-hydrogen) atoms. The molecule has 13 heteroatoms. The quantitative estimate of drug-likeness (QED) is 0.398. The van der Waals surface area contributed by atoms with Gasteiger partial charge in [-0.3, -0.25) is 5.01 Å². The smallest absolute Gasteiger partial charge is 0.307 e. The number of carbonyl (C=O) groups excluding carboxylic acids is 1. The van der Waals surface area contributed by atoms with Crippen molar-refractivity contribution in [1.82, 2.24) is 15.4 Å². The van der Waals surface area contributed by atoms with E-state index in [4.69, 9.17) is 11.6 Å². The van der Waals surface area contributed by atoms with Gasteiger partial charge in [0.2, 0.25) is 0 Å². The Labute approximate surface area is 175 Å². The molecule has 0 radical (unpaired) electrons. The van der Waals surface area contributed by atoms with E-state index in [1.54, 1.807) is 0 Å². The largest absolute Gasteiger partial charge is 0.433 e. The lowest BCUT2D eigenvalue weighted by Crippen LogP contribution is -2.42. The SMILES string of the molecule is CN(NC(=O)Nc1ccc(Cl)cc1)c1ccc2c(C(F)(F)F)cc(C(F)(F)F)nc2n1. The third-order valence-electron chi connectivity index (χ3n) is 3.97. The lowest BCUT2D eigenvalue weighted by Gasteiger charge is -2.20. The molecule has 0 aliphatic rings. The van der Waals surface area contributed by atoms with Crippen molar-refractivity contribution < 1.29 is 31.1 Å². The molecule has 0 aliphatic heterocycles. The van der Waals surface area contributed by atoms with Crippen molar-refractivity contribution in [2.24, 2.45) is 0 Å². The second-order valence-corrected chi connectivity index (χ2v) is 6.66. The molecule has 2 heterocycles. The molecule has 0 aliphatic carbocycles. The maximum Gasteiger partial charge on any atom is 0.433 e. The monoisotopic (exact) mass is 463 g/mol. The van der Waals surface area contributed by atoms with Crippen LogP contribution in [0.1, 0.15) is 11.3 Å². The van der Waals surface area contributed by atoms with Crippen molar-refractivity contribution in [1.29, 1.82) is 0 Å². The lowest BCUT2D eigenvalue weighted by molar-refractivity contribution is -0.144. The van der Waals surface area contributed by atoms with Crippen molar-refractivity contribution in [3.63, 3.8) is 0 Å². The van der Waals surface area contributed by atoms with E-state index in [0.29, 0.717) is 10.7 Å². The molecule has 0 fully saturated rings. The van der Waals surface area contributed by atoms with Gasteiger partial charge in [0.1, 0.15) is 11.5 Å². The van der Waals surface area contributed by atoms with Crippen molar-refractivity contribution in [2.45, 2.75) is 12.4 Å². The molecule has 1 aromatic carbocycles. The first-order chi connectivity index (χ1) is 14.3. The minimum absolute atomic E-state index is 0.0643. The molecule has 2 N–H and O–H groups in total. The highest BCUT2D eigenvalue weighted by Gasteiger charge is 2.39. The number of rotatable bonds is 3. The Morgan fingerprint density at radius 1 is 0.968 bits per heavy atom. The summed E-state index contributed by atoms with van der Waals surface area (Å²) in [5.41, 5.74) is -1.29. The van der Waals surface area contributed by atoms with Gasteiger partial charge in [0.05, 0.1) is 5.56 Å². The molecule has 6 nitrogen and oxygen atoms in total. The average molecular weight is 464 g/mol. The lowest BCUT2D eigenvalue weighted by atomic mass is 10.1. The number of benzene rings is 1. The van der Waals surface area contributed by atoms with Gasteiger partial charge in [0.25, 0.3) is 0 Å². The van der Waals surface area contributed by atoms with Gasteiger partial charge in [-0.25, -0.2) is 20.2 Å². The molecule has 0 saturated carbocycles. The van der Waals surface area contributed by atoms with Crippen LogP contribution in [-0.2, 0) is 12.4 Å². The van der Waals surface area contributed by atoms with E-state index in [1.807, 2.05) is 0 Å². The number of hydrogen-bond donors (Lipinski definition) is 2. The normalized spacial score (nSPS) is 12.0. The molecule has 3 rings (SSSR count). The molecule has 0 saturated heterocycles. The molecule has 2 amide bonds. The number of anilines is 2. The Morgan fingerprint density at radius 2 is 1.61 bits per heavy atom. The molecule has 164 valence electrons. The number of carbonyl (C=O) groups is 1. The molecule has 0 atom stereocenters. The Kier molecular flexibility index (Phi) is 5.85. The zero-order chi connectivity index (χ0) is 23.0. The fourth-order valence-electron chi connectivity index (χ4n) is 2.56. The van der Waals surface area contributed by atoms with Crippen LogP contribution in [0, 0.1) is 0 Å². The highest BCUT2D eigenvalue weighted by molar-refractivity contribution is 6.30. The van der Waals surface area contributed by atoms with E-state index < -0.39 is 40.7 Å². The van der Waals surface area contributed by atoms with Crippen LogP contribution in [0.4, 0.5) is 42.6 Å². The maximum atomic E-state index is 13.2. The van der Waals surface area contributed by atoms with Crippen molar-refractivity contribution in [2.75, 3.05) is 17.4 Å². The number of hydrazine groups is 1. The van der Waals surface area contributed by atoms with Crippen molar-refractivity contribution in [3.8, 4) is 0 Å². The van der Waals surface area contributed by atoms with Crippen molar-refractivity contribution in [3.05, 3.63) is 58.7 Å². The van der Waals surface area contributed by atoms with E-state index in [0.717, 1.165) is 17.1 Å². The van der Waals surface area contributed by atoms with Crippen LogP contribution in [0.2, 0.25) is 5.02 Å². The van der Waals surface area contributed by atoms with Crippen LogP contribution < -0.4 is 15.8 Å². The number of amides is 2. The summed E-state index contributed by atoms with van der Waals surface area (Å²) in [6.45, 7) is 0. The highest BCUT2D eigenvalue weighted by atomic mass is 35.5. The molecule has 0 unspecified atom stereocenters. The van der Waals surface area contributed by atoms with Crippen LogP contribution in [0.5, 0.6) is 0 Å². The van der Waals surface area contributed by atoms with E-state index >= 15 is 0 Å². The number of urea groups is 1. The van der Waals surface area contributed by atoms with Crippen molar-refractivity contribution >= 4 is 40.2 Å². The number of aromatic nitrogens is 2. The van der Waals surface area contributed by atoms with Gasteiger partial charge in [0.15, 0.2) is 5.65 Å². The van der Waals surface area contributed by atoms with Crippen LogP contribution in [-0.4, -0.2) is 23.0 Å². The van der Waals surface area contributed by atoms with E-state index in [9.17, 15) is 31.1 Å². The average Bonchev–Trinajstić information content (AvgIpc) is 2.66. The third kappa shape index (κ3) is 5.26. The number of halogens is 7. The van der Waals surface area contributed by atoms with Gasteiger partial charge in [-0.15, -0.1) is 0 Å². The minimum atomic E-state index is -5.10. The first-order valence-electron chi connectivity index (χ1n) is 8.38. The van der Waals surface area contributed by atoms with Gasteiger partial charge < -0.3 is 5.32 Å². The van der Waals surface area contributed by atoms with E-state index in [2.05, 4.69) is 20.7 Å². The Bertz CT molecular complexity index is 1120. The Morgan fingerprint density at radius 3 is 2.19 bits per heavy atom. The number of fused-ring (bicyclic) bond motifs is 1. The number of nitrogens with zero attached hydrogens (tertiary/aromatic N) is 3. The van der Waals surface area contributed by atoms with Gasteiger partial charge in [-0.2, -0.15) is 26.3 Å². The topological polar surface area (TPSA) is 70.2 Å². The second-order valence-electron chi connectivity index (χ2n) is 6.22. The number of hydrogen-bond acceptors (Lipinski definition) is 4. The zero-order valence-electron chi connectivity index (χ0n) is 15.4. The number of pyridine rings is 2. The van der Waals surface area contributed by atoms with Gasteiger partial charge >= 0.3 is 18.4 Å². The van der Waals surface area contributed by atoms with E-state index in [1.165, 1.54) is 31.3 Å². The first kappa shape index (κ1) is 22.4. The number of alkyl halides is 6. The minimum Gasteiger partial charge on any atom is -0.307 e. The van der Waals surface area contributed by atoms with Crippen LogP contribution in [0.25, 0.3) is 11.0 Å². The fourth-order valence-corrected chi connectivity index (χ4v) is 2.69. The summed E-state index contributed by atoms with van der Waals surface area (Å²) in [5.74, 6) is -0.140. The summed E-state index contributed by atoms with van der Waals surface area (Å²) in [5, 5.41) is 3.33. The summed E-state index contributed by atoms with van der Waals surface area (Å²) in [6.07, 6.45) is -10.2. The molecule has 0 bridgehead atoms. The highest BCUT2D eigenvalue weighted by Crippen LogP contribution is 2.38. The predicted octanol–water partition coefficient (Wildman–Crippen LogP) is 5.49. The fraction of sp³-hybridized carbons (Fsp3) is 0.167. The third-order valence-corrected chi connectivity index (χ3v) is 4.22. The van der Waals surface area contributed by atoms with Crippen LogP contribution >= 0.6 is 11.6 Å². The summed E-state index contributed by atoms with van der Waals surface area (Å²) in [7, 11) is 1.30. The Balaban J connectivity index is 1.90. The standard InChI is InChI=1S/C18H12ClF6N5O/c1-30(29-16(31)26-10-4-2-9(19)3-5-10)14-7-6-11-12(17(20,21)22)8-13(18(23,24)25)27-15(11)28-14/h2-8H,1H3,(H2,26,29,31). The van der Waals surface area contributed by atoms with Gasteiger partial charge in [0, 0.05) is 23.1 Å². The van der Waals surface area contributed by atoms with E-state index in [-0.39, 0.29) is 11.9 Å². The van der Waals surface area contributed by atoms with Gasteiger partial charge in [-0.05, 0) is 42.5 Å². The molecular formula is C18H12ClF6N5O. The van der Waals surface area contributed by atoms with Gasteiger partial charge in [-0.1, -0.05) is 11.6 Å². The molecule has 0 spiro atoms.